The molecule has 0 aliphatic rings. The van der Waals surface area contributed by atoms with Gasteiger partial charge < -0.3 is 10.6 Å². The highest BCUT2D eigenvalue weighted by Gasteiger charge is 2.29. The van der Waals surface area contributed by atoms with Crippen LogP contribution in [-0.2, 0) is 16.4 Å². The van der Waals surface area contributed by atoms with E-state index in [0.717, 1.165) is 19.1 Å². The second-order valence-electron chi connectivity index (χ2n) is 7.83. The molecule has 3 aromatic carbocycles. The van der Waals surface area contributed by atoms with E-state index >= 15 is 0 Å². The van der Waals surface area contributed by atoms with Gasteiger partial charge in [-0.15, -0.1) is 0 Å². The molecule has 0 heterocycles. The van der Waals surface area contributed by atoms with Gasteiger partial charge in [0.15, 0.2) is 34.9 Å². The van der Waals surface area contributed by atoms with E-state index < -0.39 is 84.6 Å². The van der Waals surface area contributed by atoms with E-state index in [1.807, 2.05) is 5.32 Å². The summed E-state index contributed by atoms with van der Waals surface area (Å²) in [5.74, 6) is -17.8. The van der Waals surface area contributed by atoms with Crippen LogP contribution in [0.15, 0.2) is 35.2 Å². The maximum Gasteiger partial charge on any atom is 0.333 e. The lowest BCUT2D eigenvalue weighted by atomic mass is 10.1. The fourth-order valence-corrected chi connectivity index (χ4v) is 4.10. The number of carbonyl (C=O) groups is 2. The van der Waals surface area contributed by atoms with Gasteiger partial charge in [-0.25, -0.2) is 53.1 Å². The predicted octanol–water partition coefficient (Wildman–Crippen LogP) is 4.59. The standard InChI is InChI=1S/C23H15F8N3O4S/c1-9-8-12(24)21(20(31)14(9)25)33-23(36)34-39(37,38)11-4-2-10(3-5-11)6-7-32-22(35)13-15(26)17(28)19(30)18(29)16(13)27/h2-5,8H,6-7H2,1H3,(H,32,35)(H2,33,34,36). The Morgan fingerprint density at radius 2 is 1.31 bits per heavy atom. The van der Waals surface area contributed by atoms with Crippen molar-refractivity contribution in [2.24, 2.45) is 0 Å². The van der Waals surface area contributed by atoms with Crippen molar-refractivity contribution in [2.45, 2.75) is 18.2 Å². The highest BCUT2D eigenvalue weighted by atomic mass is 32.2. The van der Waals surface area contributed by atoms with Crippen LogP contribution < -0.4 is 15.4 Å². The van der Waals surface area contributed by atoms with Crippen LogP contribution in [0.2, 0.25) is 0 Å². The van der Waals surface area contributed by atoms with Gasteiger partial charge in [0.25, 0.3) is 15.9 Å². The summed E-state index contributed by atoms with van der Waals surface area (Å²) in [7, 11) is -4.59. The number of hydrogen-bond acceptors (Lipinski definition) is 4. The van der Waals surface area contributed by atoms with Crippen LogP contribution in [0.3, 0.4) is 0 Å². The van der Waals surface area contributed by atoms with E-state index in [0.29, 0.717) is 11.6 Å². The lowest BCUT2D eigenvalue weighted by molar-refractivity contribution is 0.0942. The van der Waals surface area contributed by atoms with Gasteiger partial charge in [0.2, 0.25) is 5.82 Å². The van der Waals surface area contributed by atoms with E-state index in [9.17, 15) is 53.1 Å². The molecule has 7 nitrogen and oxygen atoms in total. The zero-order valence-electron chi connectivity index (χ0n) is 19.4. The summed E-state index contributed by atoms with van der Waals surface area (Å²) < 4.78 is 135. The summed E-state index contributed by atoms with van der Waals surface area (Å²) in [4.78, 5) is 23.4. The SMILES string of the molecule is Cc1cc(F)c(NC(=O)NS(=O)(=O)c2ccc(CCNC(=O)c3c(F)c(F)c(F)c(F)c3F)cc2)c(F)c1F. The third kappa shape index (κ3) is 6.10. The zero-order chi connectivity index (χ0) is 29.2. The van der Waals surface area contributed by atoms with Gasteiger partial charge in [0, 0.05) is 6.54 Å². The third-order valence-corrected chi connectivity index (χ3v) is 6.52. The maximum absolute atomic E-state index is 13.9. The number of nitrogens with one attached hydrogen (secondary N) is 3. The normalized spacial score (nSPS) is 11.3. The highest BCUT2D eigenvalue weighted by Crippen LogP contribution is 2.25. The number of amides is 3. The van der Waals surface area contributed by atoms with Crippen molar-refractivity contribution in [2.75, 3.05) is 11.9 Å². The lowest BCUT2D eigenvalue weighted by Crippen LogP contribution is -2.35. The quantitative estimate of drug-likeness (QED) is 0.216. The Hall–Kier alpha value is -4.21. The average molecular weight is 581 g/mol. The van der Waals surface area contributed by atoms with Crippen LogP contribution in [0, 0.1) is 53.5 Å². The smallest absolute Gasteiger partial charge is 0.333 e. The molecule has 0 bridgehead atoms. The van der Waals surface area contributed by atoms with E-state index in [1.165, 1.54) is 16.9 Å². The van der Waals surface area contributed by atoms with Gasteiger partial charge in [0.05, 0.1) is 4.90 Å². The minimum absolute atomic E-state index is 0.0904. The Bertz CT molecular complexity index is 1550. The van der Waals surface area contributed by atoms with Gasteiger partial charge in [-0.2, -0.15) is 0 Å². The Morgan fingerprint density at radius 3 is 1.87 bits per heavy atom. The van der Waals surface area contributed by atoms with Crippen LogP contribution in [0.1, 0.15) is 21.5 Å². The number of halogens is 8. The first-order chi connectivity index (χ1) is 18.2. The number of sulfonamides is 1. The largest absolute Gasteiger partial charge is 0.352 e. The van der Waals surface area contributed by atoms with Crippen LogP contribution in [0.25, 0.3) is 0 Å². The molecule has 208 valence electrons. The third-order valence-electron chi connectivity index (χ3n) is 5.18. The molecular weight excluding hydrogens is 566 g/mol. The Labute approximate surface area is 214 Å². The maximum atomic E-state index is 13.9. The number of urea groups is 1. The molecule has 0 saturated carbocycles. The number of hydrogen-bond donors (Lipinski definition) is 3. The Morgan fingerprint density at radius 1 is 0.769 bits per heavy atom. The molecule has 3 N–H and O–H groups in total. The summed E-state index contributed by atoms with van der Waals surface area (Å²) in [6, 6.07) is 3.37. The molecular formula is C23H15F8N3O4S. The van der Waals surface area contributed by atoms with Crippen molar-refractivity contribution in [3.05, 3.63) is 93.6 Å². The molecule has 0 spiro atoms. The van der Waals surface area contributed by atoms with Crippen molar-refractivity contribution in [1.29, 1.82) is 0 Å². The molecule has 0 fully saturated rings. The predicted molar refractivity (Wildman–Crippen MR) is 119 cm³/mol. The van der Waals surface area contributed by atoms with Crippen molar-refractivity contribution in [3.8, 4) is 0 Å². The molecule has 0 atom stereocenters. The lowest BCUT2D eigenvalue weighted by Gasteiger charge is -2.12. The average Bonchev–Trinajstić information content (AvgIpc) is 2.87. The number of carbonyl (C=O) groups excluding carboxylic acids is 2. The van der Waals surface area contributed by atoms with Crippen molar-refractivity contribution in [3.63, 3.8) is 0 Å². The molecule has 0 aliphatic carbocycles. The topological polar surface area (TPSA) is 104 Å². The summed E-state index contributed by atoms with van der Waals surface area (Å²) in [5, 5.41) is 3.54. The second kappa shape index (κ2) is 11.3. The molecule has 3 rings (SSSR count). The number of anilines is 1. The molecule has 39 heavy (non-hydrogen) atoms. The van der Waals surface area contributed by atoms with Gasteiger partial charge >= 0.3 is 6.03 Å². The summed E-state index contributed by atoms with van der Waals surface area (Å²) in [5.41, 5.74) is -2.95. The fourth-order valence-electron chi connectivity index (χ4n) is 3.20. The number of aryl methyl sites for hydroxylation is 1. The molecule has 0 saturated heterocycles. The summed E-state index contributed by atoms with van der Waals surface area (Å²) in [6.07, 6.45) is -0.0904. The van der Waals surface area contributed by atoms with E-state index in [1.54, 1.807) is 5.32 Å². The van der Waals surface area contributed by atoms with E-state index in [2.05, 4.69) is 0 Å². The van der Waals surface area contributed by atoms with Crippen LogP contribution in [0.4, 0.5) is 45.6 Å². The monoisotopic (exact) mass is 581 g/mol. The first-order valence-corrected chi connectivity index (χ1v) is 12.0. The minimum atomic E-state index is -4.59. The number of benzene rings is 3. The Kier molecular flexibility index (Phi) is 8.48. The molecule has 0 unspecified atom stereocenters. The van der Waals surface area contributed by atoms with E-state index in [-0.39, 0.29) is 18.5 Å². The van der Waals surface area contributed by atoms with Crippen molar-refractivity contribution >= 4 is 27.6 Å². The van der Waals surface area contributed by atoms with Crippen LogP contribution >= 0.6 is 0 Å². The van der Waals surface area contributed by atoms with Crippen LogP contribution in [0.5, 0.6) is 0 Å². The summed E-state index contributed by atoms with van der Waals surface area (Å²) in [6.45, 7) is 0.705. The molecule has 0 radical (unpaired) electrons. The van der Waals surface area contributed by atoms with Gasteiger partial charge in [-0.05, 0) is 42.7 Å². The highest BCUT2D eigenvalue weighted by molar-refractivity contribution is 7.90. The van der Waals surface area contributed by atoms with Crippen molar-refractivity contribution in [1.82, 2.24) is 10.0 Å². The molecule has 0 aromatic heterocycles. The molecule has 0 aliphatic heterocycles. The fraction of sp³-hybridized carbons (Fsp3) is 0.130. The van der Waals surface area contributed by atoms with Crippen molar-refractivity contribution < 1.29 is 53.1 Å². The van der Waals surface area contributed by atoms with E-state index in [4.69, 9.17) is 0 Å². The zero-order valence-corrected chi connectivity index (χ0v) is 20.2. The Balaban J connectivity index is 1.63. The first-order valence-electron chi connectivity index (χ1n) is 10.5. The van der Waals surface area contributed by atoms with Gasteiger partial charge in [-0.1, -0.05) is 12.1 Å². The number of rotatable bonds is 7. The molecule has 16 heteroatoms. The summed E-state index contributed by atoms with van der Waals surface area (Å²) >= 11 is 0. The van der Waals surface area contributed by atoms with Gasteiger partial charge in [0.1, 0.15) is 17.1 Å². The van der Waals surface area contributed by atoms with Crippen LogP contribution in [-0.4, -0.2) is 26.9 Å². The second-order valence-corrected chi connectivity index (χ2v) is 9.52. The molecule has 3 amide bonds. The minimum Gasteiger partial charge on any atom is -0.352 e. The van der Waals surface area contributed by atoms with Gasteiger partial charge in [-0.3, -0.25) is 4.79 Å². The first kappa shape index (κ1) is 29.3. The molecule has 3 aromatic rings.